The van der Waals surface area contributed by atoms with Crippen LogP contribution >= 0.6 is 0 Å². The van der Waals surface area contributed by atoms with Crippen molar-refractivity contribution in [2.45, 2.75) is 33.6 Å². The first-order chi connectivity index (χ1) is 4.20. The van der Waals surface area contributed by atoms with Gasteiger partial charge in [0.2, 0.25) is 0 Å². The molecule has 1 fully saturated rings. The fraction of sp³-hybridized carbons (Fsp3) is 0.889. The largest absolute Gasteiger partial charge is 0.323 e. The molecule has 0 aliphatic heterocycles. The van der Waals surface area contributed by atoms with Crippen molar-refractivity contribution in [3.8, 4) is 0 Å². The summed E-state index contributed by atoms with van der Waals surface area (Å²) in [4.78, 5) is 0. The summed E-state index contributed by atoms with van der Waals surface area (Å²) in [6.07, 6.45) is 5.33. The zero-order valence-corrected chi connectivity index (χ0v) is 8.57. The zero-order valence-electron chi connectivity index (χ0n) is 7.17. The Morgan fingerprint density at radius 2 is 1.70 bits per heavy atom. The minimum absolute atomic E-state index is 0. The summed E-state index contributed by atoms with van der Waals surface area (Å²) < 4.78 is 0. The van der Waals surface area contributed by atoms with E-state index in [9.17, 15) is 0 Å². The molecule has 3 atom stereocenters. The zero-order chi connectivity index (χ0) is 6.85. The molecule has 1 heteroatoms. The molecule has 3 unspecified atom stereocenters. The van der Waals surface area contributed by atoms with Crippen molar-refractivity contribution in [1.82, 2.24) is 0 Å². The second-order valence-electron chi connectivity index (χ2n) is 3.58. The van der Waals surface area contributed by atoms with E-state index in [4.69, 9.17) is 0 Å². The van der Waals surface area contributed by atoms with E-state index in [1.807, 2.05) is 0 Å². The van der Waals surface area contributed by atoms with Gasteiger partial charge >= 0.3 is 0 Å². The van der Waals surface area contributed by atoms with Crippen molar-refractivity contribution in [2.75, 3.05) is 0 Å². The summed E-state index contributed by atoms with van der Waals surface area (Å²) in [5, 5.41) is 0. The molecule has 0 bridgehead atoms. The monoisotopic (exact) mass is 176 g/mol. The van der Waals surface area contributed by atoms with E-state index in [1.165, 1.54) is 12.8 Å². The van der Waals surface area contributed by atoms with E-state index in [2.05, 4.69) is 27.2 Å². The van der Waals surface area contributed by atoms with E-state index >= 15 is 0 Å². The van der Waals surface area contributed by atoms with Gasteiger partial charge in [0.1, 0.15) is 0 Å². The molecule has 0 aromatic rings. The van der Waals surface area contributed by atoms with E-state index in [0.29, 0.717) is 0 Å². The van der Waals surface area contributed by atoms with Gasteiger partial charge in [0.15, 0.2) is 0 Å². The van der Waals surface area contributed by atoms with Gasteiger partial charge in [-0.05, 0) is 0 Å². The van der Waals surface area contributed by atoms with Crippen LogP contribution in [0.25, 0.3) is 0 Å². The molecule has 0 spiro atoms. The molecule has 59 valence electrons. The molecule has 0 nitrogen and oxygen atoms in total. The number of hydrogen-bond acceptors (Lipinski definition) is 0. The number of rotatable bonds is 0. The molecular formula is C9H17V-. The van der Waals surface area contributed by atoms with E-state index in [1.54, 1.807) is 0 Å². The normalized spacial score (nSPS) is 40.5. The van der Waals surface area contributed by atoms with Crippen molar-refractivity contribution in [3.63, 3.8) is 0 Å². The van der Waals surface area contributed by atoms with E-state index in [0.717, 1.165) is 17.8 Å². The molecule has 1 rings (SSSR count). The Balaban J connectivity index is 0.000000810. The summed E-state index contributed by atoms with van der Waals surface area (Å²) >= 11 is 0. The Labute approximate surface area is 76.7 Å². The molecule has 0 heterocycles. The van der Waals surface area contributed by atoms with Gasteiger partial charge in [-0.1, -0.05) is 39.5 Å². The Bertz CT molecular complexity index is 90.7. The molecule has 0 aromatic heterocycles. The topological polar surface area (TPSA) is 0 Å². The minimum atomic E-state index is 0. The van der Waals surface area contributed by atoms with Gasteiger partial charge in [-0.15, -0.1) is 0 Å². The van der Waals surface area contributed by atoms with Crippen molar-refractivity contribution < 1.29 is 18.6 Å². The average Bonchev–Trinajstić information content (AvgIpc) is 1.80. The van der Waals surface area contributed by atoms with Crippen LogP contribution in [0.1, 0.15) is 33.6 Å². The molecular weight excluding hydrogens is 159 g/mol. The maximum absolute atomic E-state index is 2.49. The maximum Gasteiger partial charge on any atom is 0 e. The summed E-state index contributed by atoms with van der Waals surface area (Å²) in [5.74, 6) is 2.66. The molecule has 10 heavy (non-hydrogen) atoms. The van der Waals surface area contributed by atoms with Crippen LogP contribution < -0.4 is 0 Å². The van der Waals surface area contributed by atoms with Crippen LogP contribution in [-0.4, -0.2) is 0 Å². The van der Waals surface area contributed by atoms with Gasteiger partial charge in [0.05, 0.1) is 0 Å². The second-order valence-corrected chi connectivity index (χ2v) is 3.58. The Morgan fingerprint density at radius 3 is 2.10 bits per heavy atom. The van der Waals surface area contributed by atoms with Crippen molar-refractivity contribution in [2.24, 2.45) is 17.8 Å². The Kier molecular flexibility index (Phi) is 4.72. The SMILES string of the molecule is CC1[CH-]C(C)C(C)CC1.[V]. The summed E-state index contributed by atoms with van der Waals surface area (Å²) in [6.45, 7) is 7.01. The number of hydrogen-bond donors (Lipinski definition) is 0. The van der Waals surface area contributed by atoms with Crippen molar-refractivity contribution in [1.29, 1.82) is 0 Å². The molecule has 0 aromatic carbocycles. The molecule has 1 aliphatic rings. The van der Waals surface area contributed by atoms with Crippen LogP contribution in [0.4, 0.5) is 0 Å². The molecule has 1 radical (unpaired) electrons. The van der Waals surface area contributed by atoms with Crippen LogP contribution in [0, 0.1) is 24.2 Å². The van der Waals surface area contributed by atoms with Crippen LogP contribution in [-0.2, 0) is 18.6 Å². The predicted octanol–water partition coefficient (Wildman–Crippen LogP) is 2.89. The molecule has 1 aliphatic carbocycles. The van der Waals surface area contributed by atoms with Crippen LogP contribution in [0.2, 0.25) is 0 Å². The second kappa shape index (κ2) is 4.46. The van der Waals surface area contributed by atoms with Crippen LogP contribution in [0.3, 0.4) is 0 Å². The fourth-order valence-electron chi connectivity index (χ4n) is 1.59. The Hall–Kier alpha value is 0.584. The van der Waals surface area contributed by atoms with Gasteiger partial charge in [-0.25, -0.2) is 0 Å². The Morgan fingerprint density at radius 1 is 1.10 bits per heavy atom. The average molecular weight is 176 g/mol. The maximum atomic E-state index is 2.49. The molecule has 0 saturated heterocycles. The van der Waals surface area contributed by atoms with Gasteiger partial charge < -0.3 is 6.42 Å². The smallest absolute Gasteiger partial charge is 0 e. The van der Waals surface area contributed by atoms with Crippen LogP contribution in [0.15, 0.2) is 0 Å². The molecule has 0 amide bonds. The summed E-state index contributed by atoms with van der Waals surface area (Å²) in [5.41, 5.74) is 0. The quantitative estimate of drug-likeness (QED) is 0.498. The van der Waals surface area contributed by atoms with Gasteiger partial charge in [0.25, 0.3) is 0 Å². The first-order valence-corrected chi connectivity index (χ1v) is 4.05. The summed E-state index contributed by atoms with van der Waals surface area (Å²) in [6, 6.07) is 0. The van der Waals surface area contributed by atoms with E-state index in [-0.39, 0.29) is 18.6 Å². The van der Waals surface area contributed by atoms with Crippen molar-refractivity contribution in [3.05, 3.63) is 6.42 Å². The molecule has 0 N–H and O–H groups in total. The third kappa shape index (κ3) is 2.68. The van der Waals surface area contributed by atoms with E-state index < -0.39 is 0 Å². The third-order valence-electron chi connectivity index (χ3n) is 2.61. The van der Waals surface area contributed by atoms with Crippen LogP contribution in [0.5, 0.6) is 0 Å². The van der Waals surface area contributed by atoms with Gasteiger partial charge in [0, 0.05) is 18.6 Å². The van der Waals surface area contributed by atoms with Gasteiger partial charge in [-0.3, -0.25) is 0 Å². The first-order valence-electron chi connectivity index (χ1n) is 4.05. The standard InChI is InChI=1S/C9H17.V/c1-7-4-5-8(2)9(3)6-7;/h6-9H,4-5H2,1-3H3;/q-1;. The minimum Gasteiger partial charge on any atom is -0.323 e. The van der Waals surface area contributed by atoms with Crippen molar-refractivity contribution >= 4 is 0 Å². The fourth-order valence-corrected chi connectivity index (χ4v) is 1.59. The van der Waals surface area contributed by atoms with Gasteiger partial charge in [-0.2, -0.15) is 11.8 Å². The predicted molar refractivity (Wildman–Crippen MR) is 41.0 cm³/mol. The molecule has 1 saturated carbocycles. The summed E-state index contributed by atoms with van der Waals surface area (Å²) in [7, 11) is 0. The first kappa shape index (κ1) is 10.6. The third-order valence-corrected chi connectivity index (χ3v) is 2.61.